The van der Waals surface area contributed by atoms with Crippen molar-refractivity contribution < 1.29 is 24.2 Å². The number of fused-ring (bicyclic) bond motifs is 1. The fourth-order valence-electron chi connectivity index (χ4n) is 7.35. The summed E-state index contributed by atoms with van der Waals surface area (Å²) in [6.07, 6.45) is 4.92. The molecule has 3 amide bonds. The lowest BCUT2D eigenvalue weighted by molar-refractivity contribution is -0.150. The summed E-state index contributed by atoms with van der Waals surface area (Å²) in [5, 5.41) is 9.44. The first-order valence-electron chi connectivity index (χ1n) is 14.0. The van der Waals surface area contributed by atoms with Crippen LogP contribution in [0.15, 0.2) is 43.5 Å². The predicted octanol–water partition coefficient (Wildman–Crippen LogP) is 3.25. The normalized spacial score (nSPS) is 30.8. The number of ether oxygens (including phenoxy) is 1. The Hall–Kier alpha value is -2.97. The Bertz CT molecular complexity index is 1150. The van der Waals surface area contributed by atoms with Crippen molar-refractivity contribution >= 4 is 23.4 Å². The molecule has 4 rings (SSSR count). The van der Waals surface area contributed by atoms with Gasteiger partial charge >= 0.3 is 0 Å². The Kier molecular flexibility index (Phi) is 8.11. The second kappa shape index (κ2) is 10.9. The van der Waals surface area contributed by atoms with E-state index >= 15 is 0 Å². The van der Waals surface area contributed by atoms with Crippen molar-refractivity contribution in [2.45, 2.75) is 64.2 Å². The van der Waals surface area contributed by atoms with Gasteiger partial charge in [0, 0.05) is 39.0 Å². The molecule has 0 saturated carbocycles. The highest BCUT2D eigenvalue weighted by Crippen LogP contribution is 2.65. The molecule has 8 nitrogen and oxygen atoms in total. The number of nitrogens with zero attached hydrogens (tertiary/aromatic N) is 3. The van der Waals surface area contributed by atoms with Gasteiger partial charge in [-0.1, -0.05) is 37.3 Å². The van der Waals surface area contributed by atoms with Crippen LogP contribution in [0.3, 0.4) is 0 Å². The summed E-state index contributed by atoms with van der Waals surface area (Å²) in [7, 11) is 1.71. The topological polar surface area (TPSA) is 90.4 Å². The fraction of sp³-hybridized carbons (Fsp3) is 0.581. The van der Waals surface area contributed by atoms with Crippen molar-refractivity contribution in [1.29, 1.82) is 0 Å². The summed E-state index contributed by atoms with van der Waals surface area (Å²) in [5.41, 5.74) is 0.713. The molecule has 0 radical (unpaired) electrons. The molecular formula is C31H43N3O5. The number of rotatable bonds is 11. The standard InChI is InChI=1S/C31H43N3O5/c1-8-15-32(7)27(36)23-24-28(37)34(17-10-11-18-35)26(31(24)19-22(5)30(23,6)39-31)29(38)33(16-9-2)25-20(3)13-12-14-21(25)4/h8-9,12-14,22-24,26,35H,1-2,10-11,15-19H2,3-7H3/t22?,23-,24+,26?,30+,31?/m1/s1. The lowest BCUT2D eigenvalue weighted by Crippen LogP contribution is -2.57. The van der Waals surface area contributed by atoms with Crippen molar-refractivity contribution in [2.24, 2.45) is 17.8 Å². The van der Waals surface area contributed by atoms with Crippen LogP contribution in [0.4, 0.5) is 5.69 Å². The number of likely N-dealkylation sites (N-methyl/N-ethyl adjacent to an activating group) is 1. The Balaban J connectivity index is 1.85. The van der Waals surface area contributed by atoms with Gasteiger partial charge in [-0.3, -0.25) is 14.4 Å². The Labute approximate surface area is 232 Å². The van der Waals surface area contributed by atoms with E-state index in [2.05, 4.69) is 13.2 Å². The van der Waals surface area contributed by atoms with E-state index in [1.165, 1.54) is 0 Å². The minimum absolute atomic E-state index is 0.000721. The molecule has 0 aromatic heterocycles. The van der Waals surface area contributed by atoms with Gasteiger partial charge in [0.05, 0.1) is 17.4 Å². The number of anilines is 1. The average molecular weight is 538 g/mol. The first-order chi connectivity index (χ1) is 18.5. The highest BCUT2D eigenvalue weighted by atomic mass is 16.5. The SMILES string of the molecule is C=CCN(C)C(=O)[C@H]1[C@H]2C(=O)N(CCCCO)C(C(=O)N(CC=C)c3c(C)cccc3C)C23CC(C)[C@]1(C)O3. The smallest absolute Gasteiger partial charge is 0.253 e. The summed E-state index contributed by atoms with van der Waals surface area (Å²) in [5.74, 6) is -2.10. The minimum Gasteiger partial charge on any atom is -0.396 e. The second-order valence-electron chi connectivity index (χ2n) is 11.7. The van der Waals surface area contributed by atoms with E-state index in [0.29, 0.717) is 32.4 Å². The molecule has 8 heteroatoms. The number of likely N-dealkylation sites (tertiary alicyclic amines) is 1. The lowest BCUT2D eigenvalue weighted by Gasteiger charge is -2.38. The molecule has 39 heavy (non-hydrogen) atoms. The highest BCUT2D eigenvalue weighted by molar-refractivity contribution is 6.05. The molecule has 3 saturated heterocycles. The molecule has 6 atom stereocenters. The van der Waals surface area contributed by atoms with E-state index in [0.717, 1.165) is 16.8 Å². The molecule has 3 unspecified atom stereocenters. The van der Waals surface area contributed by atoms with Gasteiger partial charge in [0.25, 0.3) is 5.91 Å². The maximum absolute atomic E-state index is 14.7. The summed E-state index contributed by atoms with van der Waals surface area (Å²) in [4.78, 5) is 47.8. The van der Waals surface area contributed by atoms with Crippen molar-refractivity contribution in [2.75, 3.05) is 38.2 Å². The summed E-state index contributed by atoms with van der Waals surface area (Å²) in [6, 6.07) is 5.01. The number of carbonyl (C=O) groups is 3. The third-order valence-corrected chi connectivity index (χ3v) is 9.19. The Morgan fingerprint density at radius 2 is 1.79 bits per heavy atom. The molecule has 3 aliphatic heterocycles. The molecule has 1 aromatic rings. The van der Waals surface area contributed by atoms with Gasteiger partial charge in [0.2, 0.25) is 11.8 Å². The van der Waals surface area contributed by atoms with E-state index in [9.17, 15) is 19.5 Å². The first kappa shape index (κ1) is 29.0. The van der Waals surface area contributed by atoms with E-state index in [-0.39, 0.29) is 36.8 Å². The monoisotopic (exact) mass is 537 g/mol. The molecule has 1 aromatic carbocycles. The highest BCUT2D eigenvalue weighted by Gasteiger charge is 2.80. The van der Waals surface area contributed by atoms with Crippen molar-refractivity contribution in [3.63, 3.8) is 0 Å². The molecule has 212 valence electrons. The number of hydrogen-bond acceptors (Lipinski definition) is 5. The summed E-state index contributed by atoms with van der Waals surface area (Å²) < 4.78 is 6.85. The average Bonchev–Trinajstić information content (AvgIpc) is 3.39. The van der Waals surface area contributed by atoms with Crippen LogP contribution in [-0.2, 0) is 19.1 Å². The fourth-order valence-corrected chi connectivity index (χ4v) is 7.35. The number of aryl methyl sites for hydroxylation is 2. The zero-order valence-electron chi connectivity index (χ0n) is 24.0. The van der Waals surface area contributed by atoms with Crippen molar-refractivity contribution in [3.8, 4) is 0 Å². The zero-order valence-corrected chi connectivity index (χ0v) is 24.0. The minimum atomic E-state index is -1.12. The Morgan fingerprint density at radius 1 is 1.15 bits per heavy atom. The number of benzene rings is 1. The van der Waals surface area contributed by atoms with Gasteiger partial charge in [0.1, 0.15) is 11.6 Å². The van der Waals surface area contributed by atoms with Crippen LogP contribution >= 0.6 is 0 Å². The van der Waals surface area contributed by atoms with E-state index in [1.54, 1.807) is 33.9 Å². The maximum atomic E-state index is 14.7. The number of para-hydroxylation sites is 1. The van der Waals surface area contributed by atoms with Crippen LogP contribution in [0.1, 0.15) is 44.2 Å². The van der Waals surface area contributed by atoms with Crippen LogP contribution in [0.25, 0.3) is 0 Å². The molecule has 2 bridgehead atoms. The number of unbranched alkanes of at least 4 members (excludes halogenated alkanes) is 1. The molecule has 3 fully saturated rings. The quantitative estimate of drug-likeness (QED) is 0.346. The van der Waals surface area contributed by atoms with Crippen LogP contribution < -0.4 is 4.90 Å². The molecule has 3 heterocycles. The van der Waals surface area contributed by atoms with Crippen LogP contribution in [0.5, 0.6) is 0 Å². The molecular weight excluding hydrogens is 494 g/mol. The number of carbonyl (C=O) groups excluding carboxylic acids is 3. The number of aliphatic hydroxyl groups is 1. The predicted molar refractivity (Wildman–Crippen MR) is 151 cm³/mol. The van der Waals surface area contributed by atoms with E-state index in [1.807, 2.05) is 45.9 Å². The molecule has 1 spiro atoms. The third-order valence-electron chi connectivity index (χ3n) is 9.19. The Morgan fingerprint density at radius 3 is 2.38 bits per heavy atom. The van der Waals surface area contributed by atoms with Gasteiger partial charge in [-0.25, -0.2) is 0 Å². The lowest BCUT2D eigenvalue weighted by atomic mass is 9.62. The van der Waals surface area contributed by atoms with Crippen LogP contribution in [0, 0.1) is 31.6 Å². The molecule has 0 aliphatic carbocycles. The number of aliphatic hydroxyl groups excluding tert-OH is 1. The summed E-state index contributed by atoms with van der Waals surface area (Å²) >= 11 is 0. The maximum Gasteiger partial charge on any atom is 0.253 e. The van der Waals surface area contributed by atoms with Gasteiger partial charge in [-0.15, -0.1) is 13.2 Å². The summed E-state index contributed by atoms with van der Waals surface area (Å²) in [6.45, 7) is 16.5. The largest absolute Gasteiger partial charge is 0.396 e. The second-order valence-corrected chi connectivity index (χ2v) is 11.7. The van der Waals surface area contributed by atoms with Crippen molar-refractivity contribution in [3.05, 3.63) is 54.6 Å². The number of hydrogen-bond donors (Lipinski definition) is 1. The molecule has 1 N–H and O–H groups in total. The van der Waals surface area contributed by atoms with Gasteiger partial charge < -0.3 is 24.5 Å². The molecule has 3 aliphatic rings. The zero-order chi connectivity index (χ0) is 28.7. The first-order valence-corrected chi connectivity index (χ1v) is 14.0. The van der Waals surface area contributed by atoms with Crippen molar-refractivity contribution in [1.82, 2.24) is 9.80 Å². The van der Waals surface area contributed by atoms with Gasteiger partial charge in [0.15, 0.2) is 0 Å². The number of amides is 3. The van der Waals surface area contributed by atoms with Gasteiger partial charge in [-0.2, -0.15) is 0 Å². The van der Waals surface area contributed by atoms with E-state index < -0.39 is 29.1 Å². The van der Waals surface area contributed by atoms with Gasteiger partial charge in [-0.05, 0) is 57.1 Å². The van der Waals surface area contributed by atoms with Crippen LogP contribution in [-0.4, -0.2) is 83.2 Å². The van der Waals surface area contributed by atoms with E-state index in [4.69, 9.17) is 4.74 Å². The third kappa shape index (κ3) is 4.42. The van der Waals surface area contributed by atoms with Crippen LogP contribution in [0.2, 0.25) is 0 Å².